The summed E-state index contributed by atoms with van der Waals surface area (Å²) in [6.45, 7) is -2.95. The number of pyridine rings is 1. The summed E-state index contributed by atoms with van der Waals surface area (Å²) in [6, 6.07) is -1.21. The van der Waals surface area contributed by atoms with Crippen molar-refractivity contribution < 1.29 is 27.2 Å². The van der Waals surface area contributed by atoms with E-state index in [4.69, 9.17) is 13.7 Å². The van der Waals surface area contributed by atoms with E-state index in [1.165, 1.54) is 10.8 Å². The molecule has 0 spiro atoms. The number of nitrogens with one attached hydrogen (secondary N) is 1. The van der Waals surface area contributed by atoms with Crippen LogP contribution in [-0.4, -0.2) is 63.8 Å². The maximum atomic E-state index is 13.4. The molecule has 164 valence electrons. The van der Waals surface area contributed by atoms with Crippen molar-refractivity contribution in [3.8, 4) is 0 Å². The van der Waals surface area contributed by atoms with Gasteiger partial charge in [-0.3, -0.25) is 9.36 Å². The van der Waals surface area contributed by atoms with Crippen LogP contribution in [0.5, 0.6) is 0 Å². The number of hydrogen-bond donors (Lipinski definition) is 2. The Bertz CT molecular complexity index is 1460. The molecule has 3 heterocycles. The van der Waals surface area contributed by atoms with E-state index in [0.717, 1.165) is 6.07 Å². The van der Waals surface area contributed by atoms with Gasteiger partial charge in [0.05, 0.1) is 12.3 Å². The van der Waals surface area contributed by atoms with Gasteiger partial charge in [0.2, 0.25) is 16.0 Å². The summed E-state index contributed by atoms with van der Waals surface area (Å²) in [5, 5.41) is 13.0. The largest absolute Gasteiger partial charge is 0.393 e. The first-order valence-corrected chi connectivity index (χ1v) is 10.9. The van der Waals surface area contributed by atoms with E-state index >= 15 is 0 Å². The van der Waals surface area contributed by atoms with Crippen LogP contribution in [0.25, 0.3) is 11.0 Å². The fourth-order valence-electron chi connectivity index (χ4n) is 3.90. The smallest absolute Gasteiger partial charge is 0.255 e. The van der Waals surface area contributed by atoms with Crippen molar-refractivity contribution >= 4 is 27.0 Å². The monoisotopic (exact) mass is 445 g/mol. The Morgan fingerprint density at radius 2 is 2.10 bits per heavy atom. The summed E-state index contributed by atoms with van der Waals surface area (Å²) in [6.07, 6.45) is -7.59. The summed E-state index contributed by atoms with van der Waals surface area (Å²) >= 11 is 0. The van der Waals surface area contributed by atoms with Crippen molar-refractivity contribution in [3.05, 3.63) is 28.2 Å². The average molecular weight is 446 g/mol. The van der Waals surface area contributed by atoms with Crippen molar-refractivity contribution in [1.82, 2.24) is 18.8 Å². The van der Waals surface area contributed by atoms with Gasteiger partial charge in [-0.05, 0) is 38.5 Å². The van der Waals surface area contributed by atoms with E-state index in [1.807, 2.05) is 0 Å². The number of fused-ring (bicyclic) bond motifs is 1. The zero-order valence-electron chi connectivity index (χ0n) is 26.2. The lowest BCUT2D eigenvalue weighted by molar-refractivity contribution is 0.129. The predicted molar refractivity (Wildman–Crippen MR) is 115 cm³/mol. The highest BCUT2D eigenvalue weighted by molar-refractivity contribution is 7.88. The third kappa shape index (κ3) is 3.95. The number of piperidine rings is 1. The van der Waals surface area contributed by atoms with Crippen molar-refractivity contribution in [3.63, 3.8) is 0 Å². The normalized spacial score (nSPS) is 35.5. The molecule has 0 radical (unpaired) electrons. The molecular formula is C20H29N5O4S. The van der Waals surface area contributed by atoms with Crippen LogP contribution in [0.3, 0.4) is 0 Å². The number of hydrogen-bond acceptors (Lipinski definition) is 7. The minimum atomic E-state index is -5.02. The van der Waals surface area contributed by atoms with Crippen molar-refractivity contribution in [2.45, 2.75) is 57.6 Å². The lowest BCUT2D eigenvalue weighted by Crippen LogP contribution is -2.42. The Hall–Kier alpha value is -2.04. The fourth-order valence-corrected chi connectivity index (χ4v) is 4.39. The molecule has 2 aromatic heterocycles. The van der Waals surface area contributed by atoms with Gasteiger partial charge in [0.15, 0.2) is 0 Å². The lowest BCUT2D eigenvalue weighted by Gasteiger charge is -2.30. The topological polar surface area (TPSA) is 117 Å². The van der Waals surface area contributed by atoms with Gasteiger partial charge in [0.25, 0.3) is 5.56 Å². The van der Waals surface area contributed by atoms with Crippen molar-refractivity contribution in [2.75, 3.05) is 24.6 Å². The second-order valence-corrected chi connectivity index (χ2v) is 9.00. The number of anilines is 1. The number of rotatable bonds is 4. The second kappa shape index (κ2) is 7.90. The fraction of sp³-hybridized carbons (Fsp3) is 0.650. The Kier molecular flexibility index (Phi) is 3.19. The first kappa shape index (κ1) is 12.1. The van der Waals surface area contributed by atoms with Crippen LogP contribution in [0.15, 0.2) is 17.1 Å². The molecule has 2 aromatic rings. The van der Waals surface area contributed by atoms with Crippen LogP contribution < -0.4 is 10.9 Å². The molecule has 2 N–H and O–H groups in total. The number of aryl methyl sites for hydroxylation is 1. The third-order valence-electron chi connectivity index (χ3n) is 5.63. The number of nitrogens with zero attached hydrogens (tertiary/aromatic N) is 4. The quantitative estimate of drug-likeness (QED) is 0.728. The summed E-state index contributed by atoms with van der Waals surface area (Å²) in [4.78, 5) is 21.8. The van der Waals surface area contributed by atoms with Gasteiger partial charge < -0.3 is 10.4 Å². The van der Waals surface area contributed by atoms with Gasteiger partial charge >= 0.3 is 0 Å². The van der Waals surface area contributed by atoms with Crippen LogP contribution in [0.4, 0.5) is 5.95 Å². The van der Waals surface area contributed by atoms with Crippen molar-refractivity contribution in [2.24, 2.45) is 5.92 Å². The Morgan fingerprint density at radius 3 is 2.73 bits per heavy atom. The second-order valence-electron chi connectivity index (χ2n) is 7.54. The molecule has 1 aliphatic heterocycles. The minimum absolute atomic E-state index is 0.00927. The number of aromatic nitrogens is 3. The molecule has 2 aliphatic rings. The van der Waals surface area contributed by atoms with E-state index in [2.05, 4.69) is 15.3 Å². The zero-order valence-corrected chi connectivity index (χ0v) is 17.0. The molecule has 0 unspecified atom stereocenters. The molecule has 30 heavy (non-hydrogen) atoms. The van der Waals surface area contributed by atoms with Crippen LogP contribution in [-0.2, 0) is 10.0 Å². The highest BCUT2D eigenvalue weighted by Gasteiger charge is 2.34. The highest BCUT2D eigenvalue weighted by Crippen LogP contribution is 2.36. The van der Waals surface area contributed by atoms with E-state index < -0.39 is 84.1 Å². The van der Waals surface area contributed by atoms with E-state index in [1.54, 1.807) is 6.92 Å². The summed E-state index contributed by atoms with van der Waals surface area (Å²) in [7, 11) is -5.02. The molecule has 0 bridgehead atoms. The van der Waals surface area contributed by atoms with Crippen LogP contribution in [0.1, 0.15) is 57.8 Å². The molecule has 0 amide bonds. The molecule has 10 heteroatoms. The maximum absolute atomic E-state index is 13.4. The maximum Gasteiger partial charge on any atom is 0.255 e. The predicted octanol–water partition coefficient (Wildman–Crippen LogP) is 1.27. The van der Waals surface area contributed by atoms with Crippen LogP contribution >= 0.6 is 0 Å². The molecule has 1 saturated carbocycles. The zero-order chi connectivity index (χ0) is 30.2. The van der Waals surface area contributed by atoms with Gasteiger partial charge in [-0.1, -0.05) is 6.92 Å². The van der Waals surface area contributed by atoms with Crippen molar-refractivity contribution in [1.29, 1.82) is 0 Å². The third-order valence-corrected chi connectivity index (χ3v) is 6.57. The van der Waals surface area contributed by atoms with Crippen LogP contribution in [0, 0.1) is 12.8 Å². The molecule has 1 saturated heterocycles. The Labute approximate surface area is 190 Å². The van der Waals surface area contributed by atoms with Gasteiger partial charge in [0.1, 0.15) is 5.65 Å². The van der Waals surface area contributed by atoms with Gasteiger partial charge in [-0.25, -0.2) is 17.7 Å². The van der Waals surface area contributed by atoms with Gasteiger partial charge in [-0.15, -0.1) is 0 Å². The Balaban J connectivity index is 1.79. The summed E-state index contributed by atoms with van der Waals surface area (Å²) < 4.78 is 105. The summed E-state index contributed by atoms with van der Waals surface area (Å²) in [5.41, 5.74) is -1.31. The SMILES string of the molecule is [2H]C([2H])([2H])c1cc2cnc(NC3C([2H])([2H])CN(S(=O)(=O)C([2H])([2H])[2H])CC3([2H])[2H])nc2n([C@H]2CC[C@H](O)[C@H]2C)c1=O. The minimum Gasteiger partial charge on any atom is -0.393 e. The van der Waals surface area contributed by atoms with Crippen LogP contribution in [0.2, 0.25) is 0 Å². The van der Waals surface area contributed by atoms with E-state index in [0.29, 0.717) is 12.8 Å². The Morgan fingerprint density at radius 1 is 1.33 bits per heavy atom. The number of aliphatic hydroxyl groups excluding tert-OH is 1. The van der Waals surface area contributed by atoms with Gasteiger partial charge in [-0.2, -0.15) is 4.98 Å². The van der Waals surface area contributed by atoms with E-state index in [-0.39, 0.29) is 21.3 Å². The average Bonchev–Trinajstić information content (AvgIpc) is 3.11. The first-order valence-electron chi connectivity index (χ1n) is 14.4. The van der Waals surface area contributed by atoms with E-state index in [9.17, 15) is 18.3 Å². The number of sulfonamides is 1. The molecule has 0 aromatic carbocycles. The molecule has 2 fully saturated rings. The standard InChI is InChI=1S/C20H29N5O4S/c1-12-10-14-11-21-20(22-15-6-8-24(9-7-15)30(3,28)29)23-18(14)25(19(12)27)16-4-5-17(26)13(16)2/h10-11,13,15-17,26H,4-9H2,1-3H3,(H,21,22,23)/t13-,16-,17-/m0/s1/i1D3,3D3,6D2,7D2. The molecule has 1 aliphatic carbocycles. The molecule has 3 atom stereocenters. The summed E-state index contributed by atoms with van der Waals surface area (Å²) in [5.74, 6) is -0.745. The number of aliphatic hydroxyl groups is 1. The van der Waals surface area contributed by atoms with Gasteiger partial charge in [0, 0.05) is 61.9 Å². The lowest BCUT2D eigenvalue weighted by atomic mass is 10.0. The molecular weight excluding hydrogens is 406 g/mol. The molecule has 4 rings (SSSR count). The highest BCUT2D eigenvalue weighted by atomic mass is 32.2. The molecule has 9 nitrogen and oxygen atoms in total. The first-order chi connectivity index (χ1) is 18.1.